The normalized spacial score (nSPS) is 19.3. The smallest absolute Gasteiger partial charge is 0.320 e. The van der Waals surface area contributed by atoms with Crippen molar-refractivity contribution in [3.63, 3.8) is 0 Å². The van der Waals surface area contributed by atoms with Gasteiger partial charge in [-0.3, -0.25) is 19.9 Å². The lowest BCUT2D eigenvalue weighted by molar-refractivity contribution is -0.145. The molecule has 3 N–H and O–H groups in total. The SMILES string of the molecule is COc1cccc(N(C(N)=O)C2CC(c3ccccc3)CC(c3ccc(F)cc3)N(NC(=O)CC(C)(C)C)C2=O)c1. The molecule has 0 aromatic heterocycles. The van der Waals surface area contributed by atoms with E-state index >= 15 is 0 Å². The van der Waals surface area contributed by atoms with Crippen LogP contribution in [0.1, 0.15) is 63.1 Å². The first-order chi connectivity index (χ1) is 19.5. The molecule has 216 valence electrons. The van der Waals surface area contributed by atoms with E-state index in [4.69, 9.17) is 10.5 Å². The number of methoxy groups -OCH3 is 1. The number of nitrogens with zero attached hydrogens (tertiary/aromatic N) is 2. The summed E-state index contributed by atoms with van der Waals surface area (Å²) in [6.07, 6.45) is 0.819. The summed E-state index contributed by atoms with van der Waals surface area (Å²) >= 11 is 0. The fourth-order valence-corrected chi connectivity index (χ4v) is 5.35. The number of halogens is 1. The minimum atomic E-state index is -1.05. The number of amides is 4. The molecule has 0 spiro atoms. The number of nitrogens with one attached hydrogen (secondary N) is 1. The molecule has 4 rings (SSSR count). The molecular weight excluding hydrogens is 523 g/mol. The van der Waals surface area contributed by atoms with Crippen LogP contribution in [-0.2, 0) is 9.59 Å². The monoisotopic (exact) mass is 560 g/mol. The first kappa shape index (κ1) is 29.6. The van der Waals surface area contributed by atoms with Crippen LogP contribution in [0.2, 0.25) is 0 Å². The van der Waals surface area contributed by atoms with Crippen molar-refractivity contribution < 1.29 is 23.5 Å². The van der Waals surface area contributed by atoms with Crippen molar-refractivity contribution in [3.05, 3.63) is 95.8 Å². The lowest BCUT2D eigenvalue weighted by Crippen LogP contribution is -2.57. The summed E-state index contributed by atoms with van der Waals surface area (Å²) in [5.41, 5.74) is 10.5. The van der Waals surface area contributed by atoms with E-state index in [0.717, 1.165) is 5.56 Å². The highest BCUT2D eigenvalue weighted by Crippen LogP contribution is 2.41. The highest BCUT2D eigenvalue weighted by Gasteiger charge is 2.43. The van der Waals surface area contributed by atoms with Gasteiger partial charge in [0, 0.05) is 12.5 Å². The Morgan fingerprint density at radius 2 is 1.68 bits per heavy atom. The summed E-state index contributed by atoms with van der Waals surface area (Å²) in [6.45, 7) is 5.79. The molecule has 3 aromatic rings. The maximum atomic E-state index is 14.5. The Morgan fingerprint density at radius 1 is 1.00 bits per heavy atom. The average Bonchev–Trinajstić information content (AvgIpc) is 3.06. The number of nitrogens with two attached hydrogens (primary N) is 1. The van der Waals surface area contributed by atoms with Crippen molar-refractivity contribution in [2.24, 2.45) is 11.1 Å². The van der Waals surface area contributed by atoms with Crippen LogP contribution in [0.3, 0.4) is 0 Å². The zero-order valence-electron chi connectivity index (χ0n) is 23.8. The number of urea groups is 1. The van der Waals surface area contributed by atoms with E-state index in [0.29, 0.717) is 23.4 Å². The Morgan fingerprint density at radius 3 is 2.29 bits per heavy atom. The summed E-state index contributed by atoms with van der Waals surface area (Å²) in [4.78, 5) is 42.0. The lowest BCUT2D eigenvalue weighted by atomic mass is 9.86. The molecule has 41 heavy (non-hydrogen) atoms. The standard InChI is InChI=1S/C32H37FN4O4/c1-32(2,3)20-29(38)35-37-27(22-13-15-24(33)16-14-22)17-23(21-9-6-5-7-10-21)18-28(30(37)39)36(31(34)40)25-11-8-12-26(19-25)41-4/h5-16,19,23,27-28H,17-18,20H2,1-4H3,(H2,34,40)(H,35,38). The Balaban J connectivity index is 1.86. The molecule has 0 radical (unpaired) electrons. The Kier molecular flexibility index (Phi) is 8.95. The average molecular weight is 561 g/mol. The fourth-order valence-electron chi connectivity index (χ4n) is 5.35. The Labute approximate surface area is 240 Å². The second-order valence-corrected chi connectivity index (χ2v) is 11.6. The molecule has 0 saturated carbocycles. The fraction of sp³-hybridized carbons (Fsp3) is 0.344. The molecule has 3 atom stereocenters. The van der Waals surface area contributed by atoms with Gasteiger partial charge in [-0.1, -0.05) is 69.3 Å². The molecule has 1 fully saturated rings. The molecule has 0 bridgehead atoms. The minimum absolute atomic E-state index is 0.162. The predicted octanol–water partition coefficient (Wildman–Crippen LogP) is 5.70. The maximum Gasteiger partial charge on any atom is 0.320 e. The molecule has 4 amide bonds. The molecule has 1 heterocycles. The molecule has 9 heteroatoms. The molecule has 3 aromatic carbocycles. The Bertz CT molecular complexity index is 1370. The van der Waals surface area contributed by atoms with E-state index in [9.17, 15) is 18.8 Å². The van der Waals surface area contributed by atoms with Crippen LogP contribution in [0.15, 0.2) is 78.9 Å². The van der Waals surface area contributed by atoms with Gasteiger partial charge >= 0.3 is 6.03 Å². The van der Waals surface area contributed by atoms with E-state index in [1.54, 1.807) is 36.4 Å². The van der Waals surface area contributed by atoms with E-state index < -0.39 is 29.8 Å². The van der Waals surface area contributed by atoms with Crippen LogP contribution in [0, 0.1) is 11.2 Å². The van der Waals surface area contributed by atoms with Crippen LogP contribution in [0.5, 0.6) is 5.75 Å². The van der Waals surface area contributed by atoms with Gasteiger partial charge in [0.1, 0.15) is 17.6 Å². The van der Waals surface area contributed by atoms with Crippen molar-refractivity contribution in [1.29, 1.82) is 0 Å². The van der Waals surface area contributed by atoms with Gasteiger partial charge in [-0.2, -0.15) is 0 Å². The first-order valence-corrected chi connectivity index (χ1v) is 13.6. The Hall–Kier alpha value is -4.40. The zero-order chi connectivity index (χ0) is 29.7. The highest BCUT2D eigenvalue weighted by atomic mass is 19.1. The minimum Gasteiger partial charge on any atom is -0.497 e. The quantitative estimate of drug-likeness (QED) is 0.387. The zero-order valence-corrected chi connectivity index (χ0v) is 23.8. The first-order valence-electron chi connectivity index (χ1n) is 13.6. The van der Waals surface area contributed by atoms with Crippen LogP contribution >= 0.6 is 0 Å². The third-order valence-corrected chi connectivity index (χ3v) is 7.19. The second kappa shape index (κ2) is 12.4. The number of benzene rings is 3. The van der Waals surface area contributed by atoms with Gasteiger partial charge in [-0.05, 0) is 59.6 Å². The van der Waals surface area contributed by atoms with Gasteiger partial charge in [-0.25, -0.2) is 14.2 Å². The van der Waals surface area contributed by atoms with Gasteiger partial charge in [-0.15, -0.1) is 0 Å². The number of anilines is 1. The van der Waals surface area contributed by atoms with Gasteiger partial charge < -0.3 is 10.5 Å². The van der Waals surface area contributed by atoms with E-state index in [1.807, 2.05) is 51.1 Å². The number of hydrogen-bond donors (Lipinski definition) is 2. The second-order valence-electron chi connectivity index (χ2n) is 11.6. The van der Waals surface area contributed by atoms with Gasteiger partial charge in [0.15, 0.2) is 0 Å². The highest BCUT2D eigenvalue weighted by molar-refractivity contribution is 6.00. The summed E-state index contributed by atoms with van der Waals surface area (Å²) < 4.78 is 19.3. The molecular formula is C32H37FN4O4. The number of rotatable bonds is 7. The molecule has 1 aliphatic heterocycles. The summed E-state index contributed by atoms with van der Waals surface area (Å²) in [5.74, 6) is -0.970. The van der Waals surface area contributed by atoms with Crippen LogP contribution in [0.4, 0.5) is 14.9 Å². The largest absolute Gasteiger partial charge is 0.497 e. The molecule has 0 aliphatic carbocycles. The number of hydrazine groups is 1. The molecule has 3 unspecified atom stereocenters. The topological polar surface area (TPSA) is 105 Å². The summed E-state index contributed by atoms with van der Waals surface area (Å²) in [7, 11) is 1.51. The van der Waals surface area contributed by atoms with Crippen LogP contribution in [0.25, 0.3) is 0 Å². The summed E-state index contributed by atoms with van der Waals surface area (Å²) in [6, 6.07) is 19.9. The summed E-state index contributed by atoms with van der Waals surface area (Å²) in [5, 5.41) is 1.31. The number of ether oxygens (including phenoxy) is 1. The van der Waals surface area contributed by atoms with Crippen molar-refractivity contribution in [1.82, 2.24) is 10.4 Å². The number of carbonyl (C=O) groups is 3. The van der Waals surface area contributed by atoms with E-state index in [1.165, 1.54) is 29.2 Å². The van der Waals surface area contributed by atoms with Crippen LogP contribution in [-0.4, -0.2) is 36.0 Å². The lowest BCUT2D eigenvalue weighted by Gasteiger charge is -2.35. The molecule has 1 aliphatic rings. The molecule has 8 nitrogen and oxygen atoms in total. The van der Waals surface area contributed by atoms with Crippen molar-refractivity contribution in [2.75, 3.05) is 12.0 Å². The van der Waals surface area contributed by atoms with E-state index in [2.05, 4.69) is 5.43 Å². The maximum absolute atomic E-state index is 14.5. The number of carbonyl (C=O) groups excluding carboxylic acids is 3. The van der Waals surface area contributed by atoms with Gasteiger partial charge in [0.25, 0.3) is 5.91 Å². The van der Waals surface area contributed by atoms with Crippen molar-refractivity contribution in [2.45, 2.75) is 58.0 Å². The van der Waals surface area contributed by atoms with Crippen LogP contribution < -0.4 is 20.8 Å². The molecule has 1 saturated heterocycles. The number of primary amides is 1. The van der Waals surface area contributed by atoms with Gasteiger partial charge in [0.2, 0.25) is 5.91 Å². The number of hydrogen-bond acceptors (Lipinski definition) is 4. The third-order valence-electron chi connectivity index (χ3n) is 7.19. The third kappa shape index (κ3) is 7.22. The van der Waals surface area contributed by atoms with Crippen molar-refractivity contribution in [3.8, 4) is 5.75 Å². The van der Waals surface area contributed by atoms with E-state index in [-0.39, 0.29) is 30.1 Å². The van der Waals surface area contributed by atoms with Crippen molar-refractivity contribution >= 4 is 23.5 Å². The predicted molar refractivity (Wildman–Crippen MR) is 155 cm³/mol. The van der Waals surface area contributed by atoms with Gasteiger partial charge in [0.05, 0.1) is 18.8 Å².